The number of nitrogens with one attached hydrogen (secondary N) is 1. The summed E-state index contributed by atoms with van der Waals surface area (Å²) in [5.74, 6) is 0.181. The Bertz CT molecular complexity index is 457. The minimum Gasteiger partial charge on any atom is -0.312 e. The molecule has 0 aliphatic carbocycles. The van der Waals surface area contributed by atoms with Crippen molar-refractivity contribution < 1.29 is 8.42 Å². The maximum Gasteiger partial charge on any atom is 0.148 e. The van der Waals surface area contributed by atoms with Crippen LogP contribution in [-0.4, -0.2) is 27.0 Å². The summed E-state index contributed by atoms with van der Waals surface area (Å²) >= 11 is 3.46. The average molecular weight is 306 g/mol. The number of hydrogen-bond donors (Lipinski definition) is 1. The summed E-state index contributed by atoms with van der Waals surface area (Å²) in [4.78, 5) is 0. The van der Waals surface area contributed by atoms with Crippen molar-refractivity contribution in [3.05, 3.63) is 33.8 Å². The van der Waals surface area contributed by atoms with Crippen LogP contribution in [-0.2, 0) is 16.4 Å². The highest BCUT2D eigenvalue weighted by molar-refractivity contribution is 9.10. The highest BCUT2D eigenvalue weighted by atomic mass is 79.9. The van der Waals surface area contributed by atoms with Crippen molar-refractivity contribution in [2.24, 2.45) is 0 Å². The highest BCUT2D eigenvalue weighted by Crippen LogP contribution is 2.17. The van der Waals surface area contributed by atoms with Crippen molar-refractivity contribution in [3.8, 4) is 0 Å². The van der Waals surface area contributed by atoms with Gasteiger partial charge in [0.2, 0.25) is 0 Å². The van der Waals surface area contributed by atoms with Gasteiger partial charge < -0.3 is 5.32 Å². The lowest BCUT2D eigenvalue weighted by Gasteiger charge is -2.06. The van der Waals surface area contributed by atoms with Gasteiger partial charge in [0.15, 0.2) is 0 Å². The second-order valence-electron chi connectivity index (χ2n) is 3.89. The van der Waals surface area contributed by atoms with Crippen molar-refractivity contribution in [2.75, 3.05) is 18.6 Å². The molecule has 1 N–H and O–H groups in total. The second-order valence-corrected chi connectivity index (χ2v) is 7.00. The fourth-order valence-corrected chi connectivity index (χ4v) is 2.18. The van der Waals surface area contributed by atoms with Gasteiger partial charge in [-0.15, -0.1) is 0 Å². The zero-order valence-electron chi connectivity index (χ0n) is 9.46. The van der Waals surface area contributed by atoms with Crippen LogP contribution in [0.15, 0.2) is 22.7 Å². The predicted octanol–water partition coefficient (Wildman–Crippen LogP) is 1.89. The molecule has 1 aromatic carbocycles. The molecule has 0 unspecified atom stereocenters. The molecule has 0 aromatic heterocycles. The molecular weight excluding hydrogens is 290 g/mol. The van der Waals surface area contributed by atoms with Crippen LogP contribution < -0.4 is 5.32 Å². The first-order valence-electron chi connectivity index (χ1n) is 5.02. The number of hydrogen-bond acceptors (Lipinski definition) is 3. The summed E-state index contributed by atoms with van der Waals surface area (Å²) in [6, 6.07) is 6.12. The van der Waals surface area contributed by atoms with Gasteiger partial charge in [-0.2, -0.15) is 0 Å². The first-order chi connectivity index (χ1) is 7.38. The molecule has 0 heterocycles. The van der Waals surface area contributed by atoms with E-state index >= 15 is 0 Å². The van der Waals surface area contributed by atoms with Crippen molar-refractivity contribution in [1.82, 2.24) is 5.32 Å². The summed E-state index contributed by atoms with van der Waals surface area (Å²) < 4.78 is 22.9. The summed E-state index contributed by atoms with van der Waals surface area (Å²) in [7, 11) is -2.87. The van der Waals surface area contributed by atoms with Crippen LogP contribution in [0.25, 0.3) is 0 Å². The third-order valence-electron chi connectivity index (χ3n) is 2.21. The van der Waals surface area contributed by atoms with E-state index in [4.69, 9.17) is 0 Å². The zero-order valence-corrected chi connectivity index (χ0v) is 11.9. The zero-order chi connectivity index (χ0) is 12.2. The van der Waals surface area contributed by atoms with Gasteiger partial charge >= 0.3 is 0 Å². The van der Waals surface area contributed by atoms with Gasteiger partial charge in [0.1, 0.15) is 9.84 Å². The molecule has 0 fully saturated rings. The molecule has 0 spiro atoms. The van der Waals surface area contributed by atoms with E-state index in [0.29, 0.717) is 13.1 Å². The van der Waals surface area contributed by atoms with E-state index in [1.807, 2.05) is 25.1 Å². The fourth-order valence-electron chi connectivity index (χ4n) is 1.24. The van der Waals surface area contributed by atoms with Crippen LogP contribution in [0.1, 0.15) is 11.1 Å². The Balaban J connectivity index is 2.41. The largest absolute Gasteiger partial charge is 0.312 e. The summed E-state index contributed by atoms with van der Waals surface area (Å²) in [6.45, 7) is 3.21. The number of rotatable bonds is 5. The van der Waals surface area contributed by atoms with E-state index < -0.39 is 9.84 Å². The number of sulfone groups is 1. The van der Waals surface area contributed by atoms with Gasteiger partial charge in [-0.3, -0.25) is 0 Å². The van der Waals surface area contributed by atoms with Crippen LogP contribution >= 0.6 is 15.9 Å². The normalized spacial score (nSPS) is 11.7. The van der Waals surface area contributed by atoms with E-state index in [1.165, 1.54) is 11.8 Å². The molecule has 0 atom stereocenters. The van der Waals surface area contributed by atoms with E-state index in [-0.39, 0.29) is 5.75 Å². The van der Waals surface area contributed by atoms with Crippen molar-refractivity contribution in [1.29, 1.82) is 0 Å². The minimum atomic E-state index is -2.87. The fraction of sp³-hybridized carbons (Fsp3) is 0.455. The van der Waals surface area contributed by atoms with E-state index in [1.54, 1.807) is 0 Å². The molecule has 90 valence electrons. The first-order valence-corrected chi connectivity index (χ1v) is 7.87. The van der Waals surface area contributed by atoms with Gasteiger partial charge in [0.05, 0.1) is 5.75 Å². The maximum atomic E-state index is 10.9. The molecule has 16 heavy (non-hydrogen) atoms. The molecule has 0 amide bonds. The lowest BCUT2D eigenvalue weighted by molar-refractivity contribution is 0.596. The Labute approximate surface area is 105 Å². The Hall–Kier alpha value is -0.390. The molecule has 3 nitrogen and oxygen atoms in total. The monoisotopic (exact) mass is 305 g/mol. The molecule has 1 rings (SSSR count). The smallest absolute Gasteiger partial charge is 0.148 e. The van der Waals surface area contributed by atoms with Crippen molar-refractivity contribution in [2.45, 2.75) is 13.5 Å². The molecule has 0 radical (unpaired) electrons. The molecule has 0 saturated heterocycles. The van der Waals surface area contributed by atoms with Gasteiger partial charge in [0, 0.05) is 23.8 Å². The average Bonchev–Trinajstić information content (AvgIpc) is 2.17. The van der Waals surface area contributed by atoms with Crippen LogP contribution in [0.4, 0.5) is 0 Å². The minimum absolute atomic E-state index is 0.181. The standard InChI is InChI=1S/C11H16BrNO2S/c1-9-3-4-10(7-11(9)12)8-13-5-6-16(2,14)15/h3-4,7,13H,5-6,8H2,1-2H3. The molecule has 5 heteroatoms. The first kappa shape index (κ1) is 13.7. The molecule has 0 bridgehead atoms. The lowest BCUT2D eigenvalue weighted by atomic mass is 10.1. The topological polar surface area (TPSA) is 46.2 Å². The van der Waals surface area contributed by atoms with E-state index in [0.717, 1.165) is 10.0 Å². The number of halogens is 1. The van der Waals surface area contributed by atoms with Crippen LogP contribution in [0.3, 0.4) is 0 Å². The van der Waals surface area contributed by atoms with Crippen LogP contribution in [0, 0.1) is 6.92 Å². The Morgan fingerprint density at radius 1 is 1.38 bits per heavy atom. The third-order valence-corrected chi connectivity index (χ3v) is 4.02. The maximum absolute atomic E-state index is 10.9. The second kappa shape index (κ2) is 5.80. The predicted molar refractivity (Wildman–Crippen MR) is 70.3 cm³/mol. The summed E-state index contributed by atoms with van der Waals surface area (Å²) in [5, 5.41) is 3.10. The van der Waals surface area contributed by atoms with Crippen molar-refractivity contribution in [3.63, 3.8) is 0 Å². The van der Waals surface area contributed by atoms with Crippen molar-refractivity contribution >= 4 is 25.8 Å². The Kier molecular flexibility index (Phi) is 4.95. The lowest BCUT2D eigenvalue weighted by Crippen LogP contribution is -2.21. The molecule has 0 saturated carbocycles. The van der Waals surface area contributed by atoms with E-state index in [9.17, 15) is 8.42 Å². The quantitative estimate of drug-likeness (QED) is 0.845. The summed E-state index contributed by atoms with van der Waals surface area (Å²) in [5.41, 5.74) is 2.34. The third kappa shape index (κ3) is 5.09. The van der Waals surface area contributed by atoms with Crippen LogP contribution in [0.2, 0.25) is 0 Å². The number of aryl methyl sites for hydroxylation is 1. The molecule has 1 aromatic rings. The Morgan fingerprint density at radius 3 is 2.62 bits per heavy atom. The SMILES string of the molecule is Cc1ccc(CNCCS(C)(=O)=O)cc1Br. The van der Waals surface area contributed by atoms with Gasteiger partial charge in [0.25, 0.3) is 0 Å². The van der Waals surface area contributed by atoms with Gasteiger partial charge in [-0.1, -0.05) is 28.1 Å². The molecule has 0 aliphatic rings. The Morgan fingerprint density at radius 2 is 2.06 bits per heavy atom. The van der Waals surface area contributed by atoms with Gasteiger partial charge in [-0.25, -0.2) is 8.42 Å². The molecular formula is C11H16BrNO2S. The van der Waals surface area contributed by atoms with Crippen LogP contribution in [0.5, 0.6) is 0 Å². The number of benzene rings is 1. The summed E-state index contributed by atoms with van der Waals surface area (Å²) in [6.07, 6.45) is 1.25. The molecule has 0 aliphatic heterocycles. The highest BCUT2D eigenvalue weighted by Gasteiger charge is 2.01. The van der Waals surface area contributed by atoms with E-state index in [2.05, 4.69) is 21.2 Å². The van der Waals surface area contributed by atoms with Gasteiger partial charge in [-0.05, 0) is 24.1 Å².